The molecular weight excluding hydrogens is 273 g/mol. The first-order chi connectivity index (χ1) is 9.50. The molecule has 2 rings (SSSR count). The van der Waals surface area contributed by atoms with Gasteiger partial charge >= 0.3 is 0 Å². The SMILES string of the molecule is CC(Cc1cccs1)N(C)c1c(F)cccc1[C@@H](C)O. The highest BCUT2D eigenvalue weighted by Crippen LogP contribution is 2.30. The van der Waals surface area contributed by atoms with E-state index in [0.29, 0.717) is 11.3 Å². The van der Waals surface area contributed by atoms with Crippen molar-refractivity contribution in [3.05, 3.63) is 52.0 Å². The van der Waals surface area contributed by atoms with Crippen molar-refractivity contribution >= 4 is 17.0 Å². The topological polar surface area (TPSA) is 23.5 Å². The van der Waals surface area contributed by atoms with Gasteiger partial charge < -0.3 is 10.0 Å². The molecule has 0 aliphatic heterocycles. The van der Waals surface area contributed by atoms with E-state index >= 15 is 0 Å². The van der Waals surface area contributed by atoms with E-state index < -0.39 is 6.10 Å². The predicted octanol–water partition coefficient (Wildman–Crippen LogP) is 4.01. The summed E-state index contributed by atoms with van der Waals surface area (Å²) in [6.07, 6.45) is 0.180. The summed E-state index contributed by atoms with van der Waals surface area (Å²) in [4.78, 5) is 3.19. The average Bonchev–Trinajstić information content (AvgIpc) is 2.90. The summed E-state index contributed by atoms with van der Waals surface area (Å²) < 4.78 is 14.1. The molecule has 0 amide bonds. The maximum absolute atomic E-state index is 14.1. The molecule has 2 atom stereocenters. The summed E-state index contributed by atoms with van der Waals surface area (Å²) in [5, 5.41) is 11.9. The minimum atomic E-state index is -0.683. The van der Waals surface area contributed by atoms with Gasteiger partial charge in [-0.3, -0.25) is 0 Å². The maximum atomic E-state index is 14.1. The van der Waals surface area contributed by atoms with Crippen molar-refractivity contribution in [1.29, 1.82) is 0 Å². The third-order valence-corrected chi connectivity index (χ3v) is 4.46. The van der Waals surface area contributed by atoms with Crippen molar-refractivity contribution in [3.8, 4) is 0 Å². The zero-order valence-corrected chi connectivity index (χ0v) is 12.8. The molecule has 1 heterocycles. The number of thiophene rings is 1. The molecular formula is C16H20FNOS. The van der Waals surface area contributed by atoms with Gasteiger partial charge in [0.25, 0.3) is 0 Å². The summed E-state index contributed by atoms with van der Waals surface area (Å²) in [5.74, 6) is -0.288. The van der Waals surface area contributed by atoms with Crippen LogP contribution in [0, 0.1) is 5.82 Å². The van der Waals surface area contributed by atoms with E-state index in [-0.39, 0.29) is 11.9 Å². The summed E-state index contributed by atoms with van der Waals surface area (Å²) in [6.45, 7) is 3.73. The highest BCUT2D eigenvalue weighted by Gasteiger charge is 2.20. The molecule has 0 radical (unpaired) electrons. The molecule has 2 nitrogen and oxygen atoms in total. The quantitative estimate of drug-likeness (QED) is 0.900. The zero-order chi connectivity index (χ0) is 14.7. The number of nitrogens with zero attached hydrogens (tertiary/aromatic N) is 1. The number of halogens is 1. The number of aliphatic hydroxyl groups excluding tert-OH is 1. The van der Waals surface area contributed by atoms with Crippen LogP contribution in [0.1, 0.15) is 30.4 Å². The fourth-order valence-electron chi connectivity index (χ4n) is 2.32. The second-order valence-corrected chi connectivity index (χ2v) is 6.13. The van der Waals surface area contributed by atoms with E-state index in [1.807, 2.05) is 23.4 Å². The van der Waals surface area contributed by atoms with Gasteiger partial charge in [0.1, 0.15) is 5.82 Å². The minimum absolute atomic E-state index is 0.156. The molecule has 0 spiro atoms. The Labute approximate surface area is 123 Å². The number of aliphatic hydroxyl groups is 1. The van der Waals surface area contributed by atoms with Crippen LogP contribution in [0.2, 0.25) is 0 Å². The van der Waals surface area contributed by atoms with Gasteiger partial charge in [-0.25, -0.2) is 4.39 Å². The maximum Gasteiger partial charge on any atom is 0.146 e. The molecule has 1 N–H and O–H groups in total. The van der Waals surface area contributed by atoms with E-state index in [0.717, 1.165) is 6.42 Å². The Morgan fingerprint density at radius 1 is 1.25 bits per heavy atom. The normalized spacial score (nSPS) is 14.1. The van der Waals surface area contributed by atoms with Crippen LogP contribution in [-0.2, 0) is 6.42 Å². The number of anilines is 1. The average molecular weight is 293 g/mol. The Kier molecular flexibility index (Phi) is 4.78. The molecule has 4 heteroatoms. The standard InChI is InChI=1S/C16H20FNOS/c1-11(10-13-6-5-9-20-13)18(3)16-14(12(2)19)7-4-8-15(16)17/h4-9,11-12,19H,10H2,1-3H3/t11?,12-/m1/s1. The van der Waals surface area contributed by atoms with Crippen LogP contribution in [0.25, 0.3) is 0 Å². The molecule has 0 aliphatic carbocycles. The molecule has 0 aliphatic rings. The van der Waals surface area contributed by atoms with Gasteiger partial charge in [-0.15, -0.1) is 11.3 Å². The first kappa shape index (κ1) is 15.0. The third-order valence-electron chi connectivity index (χ3n) is 3.56. The van der Waals surface area contributed by atoms with Gasteiger partial charge in [-0.05, 0) is 31.4 Å². The van der Waals surface area contributed by atoms with Crippen LogP contribution >= 0.6 is 11.3 Å². The van der Waals surface area contributed by atoms with Gasteiger partial charge in [-0.1, -0.05) is 18.2 Å². The van der Waals surface area contributed by atoms with Crippen molar-refractivity contribution in [1.82, 2.24) is 0 Å². The van der Waals surface area contributed by atoms with Gasteiger partial charge in [0.05, 0.1) is 11.8 Å². The van der Waals surface area contributed by atoms with E-state index in [2.05, 4.69) is 13.0 Å². The number of benzene rings is 1. The molecule has 108 valence electrons. The van der Waals surface area contributed by atoms with Crippen LogP contribution in [0.15, 0.2) is 35.7 Å². The number of rotatable bonds is 5. The number of likely N-dealkylation sites (N-methyl/N-ethyl adjacent to an activating group) is 1. The molecule has 0 bridgehead atoms. The van der Waals surface area contributed by atoms with Crippen LogP contribution in [0.3, 0.4) is 0 Å². The van der Waals surface area contributed by atoms with Crippen molar-refractivity contribution in [3.63, 3.8) is 0 Å². The van der Waals surface area contributed by atoms with Crippen molar-refractivity contribution in [2.45, 2.75) is 32.4 Å². The molecule has 1 aromatic heterocycles. The first-order valence-corrected chi connectivity index (χ1v) is 7.60. The monoisotopic (exact) mass is 293 g/mol. The predicted molar refractivity (Wildman–Crippen MR) is 82.9 cm³/mol. The second-order valence-electron chi connectivity index (χ2n) is 5.10. The molecule has 20 heavy (non-hydrogen) atoms. The summed E-state index contributed by atoms with van der Waals surface area (Å²) in [6, 6.07) is 9.12. The Balaban J connectivity index is 2.26. The lowest BCUT2D eigenvalue weighted by molar-refractivity contribution is 0.199. The van der Waals surface area contributed by atoms with Crippen molar-refractivity contribution in [2.75, 3.05) is 11.9 Å². The lowest BCUT2D eigenvalue weighted by Gasteiger charge is -2.30. The van der Waals surface area contributed by atoms with E-state index in [4.69, 9.17) is 0 Å². The van der Waals surface area contributed by atoms with Gasteiger partial charge in [0.15, 0.2) is 0 Å². The highest BCUT2D eigenvalue weighted by molar-refractivity contribution is 7.09. The van der Waals surface area contributed by atoms with Gasteiger partial charge in [-0.2, -0.15) is 0 Å². The Morgan fingerprint density at radius 3 is 2.60 bits per heavy atom. The molecule has 1 unspecified atom stereocenters. The fraction of sp³-hybridized carbons (Fsp3) is 0.375. The molecule has 2 aromatic rings. The fourth-order valence-corrected chi connectivity index (χ4v) is 3.14. The highest BCUT2D eigenvalue weighted by atomic mass is 32.1. The van der Waals surface area contributed by atoms with Crippen LogP contribution in [-0.4, -0.2) is 18.2 Å². The van der Waals surface area contributed by atoms with E-state index in [1.54, 1.807) is 30.4 Å². The van der Waals surface area contributed by atoms with Crippen molar-refractivity contribution in [2.24, 2.45) is 0 Å². The van der Waals surface area contributed by atoms with E-state index in [9.17, 15) is 9.50 Å². The van der Waals surface area contributed by atoms with Gasteiger partial charge in [0.2, 0.25) is 0 Å². The lowest BCUT2D eigenvalue weighted by atomic mass is 10.0. The lowest BCUT2D eigenvalue weighted by Crippen LogP contribution is -2.32. The van der Waals surface area contributed by atoms with Crippen molar-refractivity contribution < 1.29 is 9.50 Å². The Morgan fingerprint density at radius 2 is 2.00 bits per heavy atom. The van der Waals surface area contributed by atoms with Gasteiger partial charge in [0, 0.05) is 30.0 Å². The minimum Gasteiger partial charge on any atom is -0.389 e. The zero-order valence-electron chi connectivity index (χ0n) is 12.0. The largest absolute Gasteiger partial charge is 0.389 e. The molecule has 0 saturated heterocycles. The summed E-state index contributed by atoms with van der Waals surface area (Å²) in [7, 11) is 1.88. The van der Waals surface area contributed by atoms with Crippen LogP contribution in [0.5, 0.6) is 0 Å². The summed E-state index contributed by atoms with van der Waals surface area (Å²) in [5.41, 5.74) is 1.12. The molecule has 0 fully saturated rings. The third kappa shape index (κ3) is 3.19. The Bertz CT molecular complexity index is 554. The Hall–Kier alpha value is -1.39. The number of para-hydroxylation sites is 1. The second kappa shape index (κ2) is 6.37. The first-order valence-electron chi connectivity index (χ1n) is 6.72. The smallest absolute Gasteiger partial charge is 0.146 e. The number of hydrogen-bond donors (Lipinski definition) is 1. The van der Waals surface area contributed by atoms with Crippen LogP contribution in [0.4, 0.5) is 10.1 Å². The van der Waals surface area contributed by atoms with Crippen LogP contribution < -0.4 is 4.90 Å². The molecule has 1 aromatic carbocycles. The summed E-state index contributed by atoms with van der Waals surface area (Å²) >= 11 is 1.71. The molecule has 0 saturated carbocycles. The van der Waals surface area contributed by atoms with E-state index in [1.165, 1.54) is 10.9 Å². The number of hydrogen-bond acceptors (Lipinski definition) is 3.